The maximum Gasteiger partial charge on any atom is 0.224 e. The SMILES string of the molecule is CCCC(=O)Nc1ccc(O)c(/C(C)=N/Nc2ncnc3c2oc2ccccc23)c1. The highest BCUT2D eigenvalue weighted by Crippen LogP contribution is 2.30. The fourth-order valence-corrected chi connectivity index (χ4v) is 3.15. The Morgan fingerprint density at radius 1 is 1.20 bits per heavy atom. The van der Waals surface area contributed by atoms with Crippen LogP contribution in [-0.2, 0) is 4.79 Å². The third-order valence-corrected chi connectivity index (χ3v) is 4.63. The van der Waals surface area contributed by atoms with Crippen molar-refractivity contribution in [2.24, 2.45) is 5.10 Å². The summed E-state index contributed by atoms with van der Waals surface area (Å²) in [6, 6.07) is 12.5. The molecule has 1 amide bonds. The zero-order valence-corrected chi connectivity index (χ0v) is 16.6. The molecule has 0 aliphatic rings. The maximum atomic E-state index is 11.8. The van der Waals surface area contributed by atoms with Crippen molar-refractivity contribution in [1.82, 2.24) is 9.97 Å². The number of para-hydroxylation sites is 1. The topological polar surface area (TPSA) is 113 Å². The first-order valence-corrected chi connectivity index (χ1v) is 9.62. The molecule has 3 N–H and O–H groups in total. The van der Waals surface area contributed by atoms with E-state index in [-0.39, 0.29) is 11.7 Å². The number of phenolic OH excluding ortho intramolecular Hbond substituents is 1. The molecule has 8 heteroatoms. The number of benzene rings is 2. The number of nitrogens with zero attached hydrogens (tertiary/aromatic N) is 3. The predicted molar refractivity (Wildman–Crippen MR) is 117 cm³/mol. The average molecular weight is 403 g/mol. The highest BCUT2D eigenvalue weighted by molar-refractivity contribution is 6.06. The van der Waals surface area contributed by atoms with Crippen molar-refractivity contribution in [3.8, 4) is 5.75 Å². The smallest absolute Gasteiger partial charge is 0.224 e. The van der Waals surface area contributed by atoms with Gasteiger partial charge in [0.2, 0.25) is 5.91 Å². The molecule has 0 saturated carbocycles. The first kappa shape index (κ1) is 19.4. The van der Waals surface area contributed by atoms with Crippen LogP contribution >= 0.6 is 0 Å². The van der Waals surface area contributed by atoms with E-state index in [0.29, 0.717) is 45.9 Å². The second kappa shape index (κ2) is 8.20. The largest absolute Gasteiger partial charge is 0.507 e. The van der Waals surface area contributed by atoms with E-state index >= 15 is 0 Å². The van der Waals surface area contributed by atoms with E-state index in [1.807, 2.05) is 31.2 Å². The number of hydrogen-bond acceptors (Lipinski definition) is 7. The van der Waals surface area contributed by atoms with Crippen LogP contribution in [0.2, 0.25) is 0 Å². The summed E-state index contributed by atoms with van der Waals surface area (Å²) in [5.74, 6) is 0.403. The summed E-state index contributed by atoms with van der Waals surface area (Å²) < 4.78 is 5.88. The van der Waals surface area contributed by atoms with Crippen LogP contribution in [0.15, 0.2) is 58.3 Å². The van der Waals surface area contributed by atoms with Crippen molar-refractivity contribution < 1.29 is 14.3 Å². The lowest BCUT2D eigenvalue weighted by Crippen LogP contribution is -2.11. The Morgan fingerprint density at radius 3 is 2.87 bits per heavy atom. The lowest BCUT2D eigenvalue weighted by molar-refractivity contribution is -0.116. The van der Waals surface area contributed by atoms with Gasteiger partial charge >= 0.3 is 0 Å². The van der Waals surface area contributed by atoms with Gasteiger partial charge in [0.05, 0.1) is 5.71 Å². The molecule has 0 fully saturated rings. The molecule has 0 aliphatic carbocycles. The number of carbonyl (C=O) groups is 1. The lowest BCUT2D eigenvalue weighted by atomic mass is 10.1. The van der Waals surface area contributed by atoms with Gasteiger partial charge in [0.1, 0.15) is 23.2 Å². The molecular weight excluding hydrogens is 382 g/mol. The fourth-order valence-electron chi connectivity index (χ4n) is 3.15. The van der Waals surface area contributed by atoms with Crippen molar-refractivity contribution in [2.75, 3.05) is 10.7 Å². The van der Waals surface area contributed by atoms with Crippen LogP contribution in [0.25, 0.3) is 22.1 Å². The van der Waals surface area contributed by atoms with Gasteiger partial charge in [-0.1, -0.05) is 19.1 Å². The first-order valence-electron chi connectivity index (χ1n) is 9.62. The third kappa shape index (κ3) is 3.80. The normalized spacial score (nSPS) is 11.7. The number of hydrogen-bond donors (Lipinski definition) is 3. The molecule has 4 aromatic rings. The van der Waals surface area contributed by atoms with E-state index in [9.17, 15) is 9.90 Å². The summed E-state index contributed by atoms with van der Waals surface area (Å²) in [6.07, 6.45) is 2.64. The number of aromatic hydroxyl groups is 1. The van der Waals surface area contributed by atoms with E-state index in [1.54, 1.807) is 19.1 Å². The zero-order valence-electron chi connectivity index (χ0n) is 16.6. The average Bonchev–Trinajstić information content (AvgIpc) is 3.13. The van der Waals surface area contributed by atoms with Gasteiger partial charge in [-0.15, -0.1) is 0 Å². The van der Waals surface area contributed by atoms with Crippen LogP contribution in [0.5, 0.6) is 5.75 Å². The second-order valence-electron chi connectivity index (χ2n) is 6.84. The molecule has 2 aromatic heterocycles. The Bertz CT molecular complexity index is 1260. The van der Waals surface area contributed by atoms with Gasteiger partial charge < -0.3 is 14.8 Å². The molecule has 0 aliphatic heterocycles. The number of carbonyl (C=O) groups excluding carboxylic acids is 1. The molecule has 0 unspecified atom stereocenters. The fraction of sp³-hybridized carbons (Fsp3) is 0.182. The molecule has 152 valence electrons. The van der Waals surface area contributed by atoms with Gasteiger partial charge in [-0.05, 0) is 43.7 Å². The molecule has 2 heterocycles. The standard InChI is InChI=1S/C22H21N5O3/c1-3-6-19(29)25-14-9-10-17(28)16(11-14)13(2)26-27-22-21-20(23-12-24-22)15-7-4-5-8-18(15)30-21/h4-5,7-12,28H,3,6H2,1-2H3,(H,25,29)(H,23,24,27)/b26-13+. The van der Waals surface area contributed by atoms with Crippen molar-refractivity contribution >= 4 is 45.2 Å². The molecule has 0 saturated heterocycles. The minimum atomic E-state index is -0.0740. The van der Waals surface area contributed by atoms with Crippen molar-refractivity contribution in [2.45, 2.75) is 26.7 Å². The Morgan fingerprint density at radius 2 is 2.03 bits per heavy atom. The second-order valence-corrected chi connectivity index (χ2v) is 6.84. The molecule has 0 radical (unpaired) electrons. The lowest BCUT2D eigenvalue weighted by Gasteiger charge is -2.09. The zero-order chi connectivity index (χ0) is 21.1. The van der Waals surface area contributed by atoms with Crippen molar-refractivity contribution in [3.63, 3.8) is 0 Å². The van der Waals surface area contributed by atoms with Gasteiger partial charge in [0, 0.05) is 23.1 Å². The molecule has 0 bridgehead atoms. The number of anilines is 2. The van der Waals surface area contributed by atoms with Gasteiger partial charge in [0.15, 0.2) is 11.4 Å². The predicted octanol–water partition coefficient (Wildman–Crippen LogP) is 4.66. The van der Waals surface area contributed by atoms with Crippen LogP contribution in [0.4, 0.5) is 11.5 Å². The summed E-state index contributed by atoms with van der Waals surface area (Å²) in [4.78, 5) is 20.4. The van der Waals surface area contributed by atoms with Gasteiger partial charge in [0.25, 0.3) is 0 Å². The van der Waals surface area contributed by atoms with E-state index in [2.05, 4.69) is 25.8 Å². The molecular formula is C22H21N5O3. The minimum absolute atomic E-state index is 0.0584. The number of furan rings is 1. The first-order chi connectivity index (χ1) is 14.6. The van der Waals surface area contributed by atoms with Crippen LogP contribution < -0.4 is 10.7 Å². The number of hydrazone groups is 1. The summed E-state index contributed by atoms with van der Waals surface area (Å²) in [7, 11) is 0. The molecule has 0 atom stereocenters. The summed E-state index contributed by atoms with van der Waals surface area (Å²) >= 11 is 0. The van der Waals surface area contributed by atoms with E-state index in [4.69, 9.17) is 4.42 Å². The Hall–Kier alpha value is -3.94. The van der Waals surface area contributed by atoms with Crippen molar-refractivity contribution in [1.29, 1.82) is 0 Å². The Labute approximate surface area is 172 Å². The number of phenols is 1. The molecule has 0 spiro atoms. The Balaban J connectivity index is 1.62. The van der Waals surface area contributed by atoms with Gasteiger partial charge in [-0.25, -0.2) is 9.97 Å². The number of amides is 1. The van der Waals surface area contributed by atoms with Crippen LogP contribution in [0.3, 0.4) is 0 Å². The highest BCUT2D eigenvalue weighted by atomic mass is 16.3. The van der Waals surface area contributed by atoms with Crippen molar-refractivity contribution in [3.05, 3.63) is 54.4 Å². The highest BCUT2D eigenvalue weighted by Gasteiger charge is 2.13. The number of nitrogens with one attached hydrogen (secondary N) is 2. The maximum absolute atomic E-state index is 11.8. The Kier molecular flexibility index (Phi) is 5.30. The van der Waals surface area contributed by atoms with E-state index < -0.39 is 0 Å². The number of fused-ring (bicyclic) bond motifs is 3. The third-order valence-electron chi connectivity index (χ3n) is 4.63. The van der Waals surface area contributed by atoms with Gasteiger partial charge in [-0.2, -0.15) is 5.10 Å². The van der Waals surface area contributed by atoms with Crippen LogP contribution in [-0.4, -0.2) is 26.7 Å². The quantitative estimate of drug-likeness (QED) is 0.245. The van der Waals surface area contributed by atoms with E-state index in [0.717, 1.165) is 11.8 Å². The summed E-state index contributed by atoms with van der Waals surface area (Å²) in [5, 5.41) is 18.3. The molecule has 2 aromatic carbocycles. The molecule has 4 rings (SSSR count). The van der Waals surface area contributed by atoms with Gasteiger partial charge in [-0.3, -0.25) is 10.2 Å². The summed E-state index contributed by atoms with van der Waals surface area (Å²) in [5.41, 5.74) is 6.41. The summed E-state index contributed by atoms with van der Waals surface area (Å²) in [6.45, 7) is 3.69. The molecule has 8 nitrogen and oxygen atoms in total. The number of rotatable bonds is 6. The number of aromatic nitrogens is 2. The van der Waals surface area contributed by atoms with Crippen LogP contribution in [0, 0.1) is 0 Å². The monoisotopic (exact) mass is 403 g/mol. The molecule has 30 heavy (non-hydrogen) atoms. The van der Waals surface area contributed by atoms with E-state index in [1.165, 1.54) is 12.4 Å². The van der Waals surface area contributed by atoms with Crippen LogP contribution in [0.1, 0.15) is 32.3 Å². The minimum Gasteiger partial charge on any atom is -0.507 e.